The van der Waals surface area contributed by atoms with Crippen molar-refractivity contribution in [2.75, 3.05) is 6.54 Å². The van der Waals surface area contributed by atoms with E-state index in [2.05, 4.69) is 37.5 Å². The van der Waals surface area contributed by atoms with Crippen molar-refractivity contribution in [3.05, 3.63) is 21.9 Å². The van der Waals surface area contributed by atoms with Gasteiger partial charge in [-0.25, -0.2) is 0 Å². The van der Waals surface area contributed by atoms with Gasteiger partial charge in [-0.1, -0.05) is 6.92 Å². The lowest BCUT2D eigenvalue weighted by Crippen LogP contribution is -2.25. The SMILES string of the molecule is CCNC(C)CCc1sccc1C. The number of rotatable bonds is 5. The lowest BCUT2D eigenvalue weighted by molar-refractivity contribution is 0.532. The molecule has 0 aliphatic heterocycles. The van der Waals surface area contributed by atoms with E-state index >= 15 is 0 Å². The largest absolute Gasteiger partial charge is 0.315 e. The Hall–Kier alpha value is -0.340. The van der Waals surface area contributed by atoms with Crippen molar-refractivity contribution in [3.63, 3.8) is 0 Å². The van der Waals surface area contributed by atoms with Crippen LogP contribution in [0.25, 0.3) is 0 Å². The molecule has 0 fully saturated rings. The maximum absolute atomic E-state index is 3.43. The zero-order valence-corrected chi connectivity index (χ0v) is 9.58. The molecule has 0 spiro atoms. The fourth-order valence-electron chi connectivity index (χ4n) is 1.46. The van der Waals surface area contributed by atoms with Crippen LogP contribution in [-0.4, -0.2) is 12.6 Å². The number of aryl methyl sites for hydroxylation is 2. The van der Waals surface area contributed by atoms with Crippen LogP contribution in [0.15, 0.2) is 11.4 Å². The fraction of sp³-hybridized carbons (Fsp3) is 0.636. The quantitative estimate of drug-likeness (QED) is 0.765. The first-order valence-electron chi connectivity index (χ1n) is 5.00. The van der Waals surface area contributed by atoms with E-state index < -0.39 is 0 Å². The van der Waals surface area contributed by atoms with Gasteiger partial charge in [0, 0.05) is 10.9 Å². The summed E-state index contributed by atoms with van der Waals surface area (Å²) in [7, 11) is 0. The third-order valence-electron chi connectivity index (χ3n) is 2.33. The third-order valence-corrected chi connectivity index (χ3v) is 3.41. The summed E-state index contributed by atoms with van der Waals surface area (Å²) in [4.78, 5) is 1.55. The second kappa shape index (κ2) is 5.40. The van der Waals surface area contributed by atoms with Crippen LogP contribution in [0.3, 0.4) is 0 Å². The monoisotopic (exact) mass is 197 g/mol. The minimum atomic E-state index is 0.645. The lowest BCUT2D eigenvalue weighted by Gasteiger charge is -2.11. The average Bonchev–Trinajstić information content (AvgIpc) is 2.48. The van der Waals surface area contributed by atoms with E-state index in [9.17, 15) is 0 Å². The first kappa shape index (κ1) is 10.7. The van der Waals surface area contributed by atoms with Crippen LogP contribution in [0.2, 0.25) is 0 Å². The highest BCUT2D eigenvalue weighted by Gasteiger charge is 2.03. The van der Waals surface area contributed by atoms with Crippen molar-refractivity contribution < 1.29 is 0 Å². The van der Waals surface area contributed by atoms with Crippen LogP contribution in [0.5, 0.6) is 0 Å². The van der Waals surface area contributed by atoms with Crippen LogP contribution < -0.4 is 5.32 Å². The molecular weight excluding hydrogens is 178 g/mol. The van der Waals surface area contributed by atoms with Gasteiger partial charge in [-0.3, -0.25) is 0 Å². The van der Waals surface area contributed by atoms with Crippen LogP contribution in [0.4, 0.5) is 0 Å². The van der Waals surface area contributed by atoms with Gasteiger partial charge < -0.3 is 5.32 Å². The zero-order valence-electron chi connectivity index (χ0n) is 8.76. The van der Waals surface area contributed by atoms with E-state index in [1.54, 1.807) is 4.88 Å². The summed E-state index contributed by atoms with van der Waals surface area (Å²) in [6.07, 6.45) is 2.47. The van der Waals surface area contributed by atoms with Gasteiger partial charge in [0.05, 0.1) is 0 Å². The van der Waals surface area contributed by atoms with Gasteiger partial charge in [0.1, 0.15) is 0 Å². The Labute approximate surface area is 85.2 Å². The zero-order chi connectivity index (χ0) is 9.68. The standard InChI is InChI=1S/C11H19NS/c1-4-12-10(3)5-6-11-9(2)7-8-13-11/h7-8,10,12H,4-6H2,1-3H3. The Balaban J connectivity index is 2.30. The average molecular weight is 197 g/mol. The van der Waals surface area contributed by atoms with Crippen LogP contribution in [0.1, 0.15) is 30.7 Å². The maximum Gasteiger partial charge on any atom is 0.00749 e. The van der Waals surface area contributed by atoms with Gasteiger partial charge in [0.25, 0.3) is 0 Å². The molecule has 1 unspecified atom stereocenters. The molecule has 74 valence electrons. The molecule has 1 aromatic heterocycles. The molecule has 0 aliphatic rings. The van der Waals surface area contributed by atoms with Crippen molar-refractivity contribution in [2.24, 2.45) is 0 Å². The fourth-order valence-corrected chi connectivity index (χ4v) is 2.38. The molecule has 0 bridgehead atoms. The molecule has 0 saturated carbocycles. The Morgan fingerprint density at radius 1 is 1.54 bits per heavy atom. The molecule has 0 amide bonds. The molecule has 2 heteroatoms. The highest BCUT2D eigenvalue weighted by Crippen LogP contribution is 2.17. The summed E-state index contributed by atoms with van der Waals surface area (Å²) in [5, 5.41) is 5.62. The van der Waals surface area contributed by atoms with Gasteiger partial charge in [-0.15, -0.1) is 11.3 Å². The van der Waals surface area contributed by atoms with Crippen molar-refractivity contribution in [3.8, 4) is 0 Å². The van der Waals surface area contributed by atoms with Crippen LogP contribution in [0, 0.1) is 6.92 Å². The maximum atomic E-state index is 3.43. The Morgan fingerprint density at radius 2 is 2.31 bits per heavy atom. The summed E-state index contributed by atoms with van der Waals surface area (Å²) >= 11 is 1.88. The summed E-state index contributed by atoms with van der Waals surface area (Å²) in [6, 6.07) is 2.85. The Kier molecular flexibility index (Phi) is 4.46. The van der Waals surface area contributed by atoms with E-state index in [4.69, 9.17) is 0 Å². The second-order valence-corrected chi connectivity index (χ2v) is 4.52. The predicted molar refractivity (Wildman–Crippen MR) is 60.5 cm³/mol. The summed E-state index contributed by atoms with van der Waals surface area (Å²) in [6.45, 7) is 7.69. The van der Waals surface area contributed by atoms with E-state index in [0.29, 0.717) is 6.04 Å². The van der Waals surface area contributed by atoms with Gasteiger partial charge in [0.15, 0.2) is 0 Å². The summed E-state index contributed by atoms with van der Waals surface area (Å²) < 4.78 is 0. The molecule has 1 heterocycles. The van der Waals surface area contributed by atoms with Gasteiger partial charge in [-0.05, 0) is 50.2 Å². The van der Waals surface area contributed by atoms with Gasteiger partial charge in [0.2, 0.25) is 0 Å². The van der Waals surface area contributed by atoms with Crippen molar-refractivity contribution in [1.82, 2.24) is 5.32 Å². The highest BCUT2D eigenvalue weighted by atomic mass is 32.1. The van der Waals surface area contributed by atoms with Gasteiger partial charge >= 0.3 is 0 Å². The van der Waals surface area contributed by atoms with Crippen LogP contribution >= 0.6 is 11.3 Å². The van der Waals surface area contributed by atoms with E-state index in [-0.39, 0.29) is 0 Å². The Morgan fingerprint density at radius 3 is 2.85 bits per heavy atom. The number of nitrogens with one attached hydrogen (secondary N) is 1. The van der Waals surface area contributed by atoms with Crippen molar-refractivity contribution >= 4 is 11.3 Å². The van der Waals surface area contributed by atoms with E-state index in [1.165, 1.54) is 18.4 Å². The molecule has 13 heavy (non-hydrogen) atoms. The minimum Gasteiger partial charge on any atom is -0.315 e. The minimum absolute atomic E-state index is 0.645. The molecule has 1 N–H and O–H groups in total. The molecule has 0 aliphatic carbocycles. The normalized spacial score (nSPS) is 13.2. The van der Waals surface area contributed by atoms with Crippen molar-refractivity contribution in [2.45, 2.75) is 39.7 Å². The molecule has 1 rings (SSSR count). The second-order valence-electron chi connectivity index (χ2n) is 3.52. The van der Waals surface area contributed by atoms with Crippen molar-refractivity contribution in [1.29, 1.82) is 0 Å². The number of hydrogen-bond donors (Lipinski definition) is 1. The van der Waals surface area contributed by atoms with E-state index in [0.717, 1.165) is 6.54 Å². The topological polar surface area (TPSA) is 12.0 Å². The molecular formula is C11H19NS. The molecule has 1 aromatic rings. The molecule has 0 aromatic carbocycles. The van der Waals surface area contributed by atoms with Crippen LogP contribution in [-0.2, 0) is 6.42 Å². The Bertz CT molecular complexity index is 242. The number of hydrogen-bond acceptors (Lipinski definition) is 2. The first-order valence-corrected chi connectivity index (χ1v) is 5.88. The molecule has 0 radical (unpaired) electrons. The predicted octanol–water partition coefficient (Wildman–Crippen LogP) is 2.99. The van der Waals surface area contributed by atoms with Gasteiger partial charge in [-0.2, -0.15) is 0 Å². The van der Waals surface area contributed by atoms with E-state index in [1.807, 2.05) is 11.3 Å². The summed E-state index contributed by atoms with van der Waals surface area (Å²) in [5.41, 5.74) is 1.45. The number of thiophene rings is 1. The highest BCUT2D eigenvalue weighted by molar-refractivity contribution is 7.10. The molecule has 1 atom stereocenters. The lowest BCUT2D eigenvalue weighted by atomic mass is 10.1. The molecule has 0 saturated heterocycles. The molecule has 1 nitrogen and oxygen atoms in total. The smallest absolute Gasteiger partial charge is 0.00749 e. The summed E-state index contributed by atoms with van der Waals surface area (Å²) in [5.74, 6) is 0. The first-order chi connectivity index (χ1) is 6.24. The third kappa shape index (κ3) is 3.49.